The predicted molar refractivity (Wildman–Crippen MR) is 148 cm³/mol. The van der Waals surface area contributed by atoms with Gasteiger partial charge in [0.15, 0.2) is 5.60 Å². The van der Waals surface area contributed by atoms with Crippen molar-refractivity contribution in [2.75, 3.05) is 6.61 Å². The molecule has 1 atom stereocenters. The summed E-state index contributed by atoms with van der Waals surface area (Å²) in [5.74, 6) is -4.07. The number of rotatable bonds is 27. The van der Waals surface area contributed by atoms with E-state index in [1.54, 1.807) is 0 Å². The molecule has 0 saturated carbocycles. The molecule has 0 fully saturated rings. The molecule has 0 spiro atoms. The Morgan fingerprint density at radius 1 is 0.541 bits per heavy atom. The van der Waals surface area contributed by atoms with Gasteiger partial charge in [0.05, 0.1) is 6.42 Å². The van der Waals surface area contributed by atoms with Crippen molar-refractivity contribution < 1.29 is 34.4 Å². The molecule has 0 aromatic rings. The molecule has 0 rings (SSSR count). The van der Waals surface area contributed by atoms with Gasteiger partial charge in [0.25, 0.3) is 0 Å². The van der Waals surface area contributed by atoms with Crippen LogP contribution in [0.1, 0.15) is 156 Å². The number of carboxylic acid groups (broad SMARTS) is 3. The Balaban J connectivity index is 5.88. The molecule has 0 amide bonds. The number of aliphatic carboxylic acids is 3. The van der Waals surface area contributed by atoms with E-state index >= 15 is 0 Å². The molecule has 0 aliphatic heterocycles. The average Bonchev–Trinajstić information content (AvgIpc) is 2.85. The number of hydrogen-bond donors (Lipinski definition) is 3. The summed E-state index contributed by atoms with van der Waals surface area (Å²) in [5, 5.41) is 30.7. The van der Waals surface area contributed by atoms with Crippen molar-refractivity contribution in [2.24, 2.45) is 5.41 Å². The second-order valence-corrected chi connectivity index (χ2v) is 10.7. The lowest BCUT2D eigenvalue weighted by molar-refractivity contribution is -0.208. The van der Waals surface area contributed by atoms with E-state index in [4.69, 9.17) is 4.74 Å². The lowest BCUT2D eigenvalue weighted by Crippen LogP contribution is -2.61. The molecular weight excluding hydrogens is 472 g/mol. The number of hydrogen-bond acceptors (Lipinski definition) is 4. The molecule has 0 bridgehead atoms. The maximum Gasteiger partial charge on any atom is 0.337 e. The maximum atomic E-state index is 13.0. The van der Waals surface area contributed by atoms with Crippen LogP contribution in [0.4, 0.5) is 0 Å². The highest BCUT2D eigenvalue weighted by molar-refractivity contribution is 5.92. The first kappa shape index (κ1) is 35.4. The molecule has 37 heavy (non-hydrogen) atoms. The number of carboxylic acids is 3. The van der Waals surface area contributed by atoms with E-state index in [2.05, 4.69) is 20.8 Å². The van der Waals surface area contributed by atoms with Crippen LogP contribution < -0.4 is 0 Å². The molecule has 0 aliphatic carbocycles. The second kappa shape index (κ2) is 21.3. The van der Waals surface area contributed by atoms with Crippen molar-refractivity contribution >= 4 is 17.9 Å². The molecular formula is C30H56O7. The van der Waals surface area contributed by atoms with Crippen molar-refractivity contribution in [1.29, 1.82) is 0 Å². The molecule has 0 saturated heterocycles. The summed E-state index contributed by atoms with van der Waals surface area (Å²) in [6, 6.07) is 0. The van der Waals surface area contributed by atoms with E-state index in [-0.39, 0.29) is 19.4 Å². The first-order valence-corrected chi connectivity index (χ1v) is 15.1. The maximum absolute atomic E-state index is 13.0. The van der Waals surface area contributed by atoms with Gasteiger partial charge < -0.3 is 20.1 Å². The van der Waals surface area contributed by atoms with Gasteiger partial charge in [-0.3, -0.25) is 9.59 Å². The summed E-state index contributed by atoms with van der Waals surface area (Å²) < 4.78 is 5.97. The Kier molecular flexibility index (Phi) is 20.4. The van der Waals surface area contributed by atoms with E-state index in [1.165, 1.54) is 0 Å². The van der Waals surface area contributed by atoms with Crippen molar-refractivity contribution in [3.8, 4) is 0 Å². The van der Waals surface area contributed by atoms with Gasteiger partial charge in [0.1, 0.15) is 5.41 Å². The number of unbranched alkanes of at least 4 members (excludes halogenated alkanes) is 15. The minimum atomic E-state index is -2.29. The van der Waals surface area contributed by atoms with Crippen LogP contribution in [0.2, 0.25) is 0 Å². The van der Waals surface area contributed by atoms with Gasteiger partial charge in [-0.05, 0) is 19.3 Å². The lowest BCUT2D eigenvalue weighted by atomic mass is 9.63. The molecule has 3 N–H and O–H groups in total. The Morgan fingerprint density at radius 2 is 0.919 bits per heavy atom. The van der Waals surface area contributed by atoms with Crippen LogP contribution in [0.5, 0.6) is 0 Å². The molecule has 1 unspecified atom stereocenters. The molecule has 218 valence electrons. The third-order valence-corrected chi connectivity index (χ3v) is 7.69. The highest BCUT2D eigenvalue weighted by Crippen LogP contribution is 2.47. The van der Waals surface area contributed by atoms with E-state index in [0.29, 0.717) is 19.3 Å². The first-order valence-electron chi connectivity index (χ1n) is 15.1. The standard InChI is InChI=1S/C30H56O7/c1-4-7-10-13-16-19-22-29(27(33)34,23-20-17-14-11-8-5-2)30(28(35)36,25-26(31)32)37-24-21-18-15-12-9-6-3/h4-25H2,1-3H3,(H,31,32)(H,33,34)(H,35,36). The van der Waals surface area contributed by atoms with Crippen LogP contribution in [0.3, 0.4) is 0 Å². The van der Waals surface area contributed by atoms with Crippen molar-refractivity contribution in [3.63, 3.8) is 0 Å². The largest absolute Gasteiger partial charge is 0.481 e. The van der Waals surface area contributed by atoms with Crippen LogP contribution >= 0.6 is 0 Å². The zero-order valence-corrected chi connectivity index (χ0v) is 24.0. The van der Waals surface area contributed by atoms with Crippen LogP contribution in [0.15, 0.2) is 0 Å². The zero-order valence-electron chi connectivity index (χ0n) is 24.0. The fraction of sp³-hybridized carbons (Fsp3) is 0.900. The predicted octanol–water partition coefficient (Wildman–Crippen LogP) is 8.23. The topological polar surface area (TPSA) is 121 Å². The van der Waals surface area contributed by atoms with Crippen molar-refractivity contribution in [1.82, 2.24) is 0 Å². The van der Waals surface area contributed by atoms with Gasteiger partial charge in [0, 0.05) is 6.61 Å². The molecule has 0 heterocycles. The number of carbonyl (C=O) groups is 3. The molecule has 0 aromatic heterocycles. The highest BCUT2D eigenvalue weighted by Gasteiger charge is 2.63. The summed E-state index contributed by atoms with van der Waals surface area (Å²) in [4.78, 5) is 37.7. The van der Waals surface area contributed by atoms with E-state index in [9.17, 15) is 29.7 Å². The van der Waals surface area contributed by atoms with Crippen LogP contribution in [-0.4, -0.2) is 45.4 Å². The van der Waals surface area contributed by atoms with E-state index in [0.717, 1.165) is 96.3 Å². The Labute approximate surface area is 225 Å². The van der Waals surface area contributed by atoms with Crippen LogP contribution in [0, 0.1) is 5.41 Å². The summed E-state index contributed by atoms with van der Waals surface area (Å²) >= 11 is 0. The Hall–Kier alpha value is -1.63. The summed E-state index contributed by atoms with van der Waals surface area (Å²) in [6.45, 7) is 6.44. The smallest absolute Gasteiger partial charge is 0.337 e. The van der Waals surface area contributed by atoms with E-state index < -0.39 is 35.3 Å². The summed E-state index contributed by atoms with van der Waals surface area (Å²) in [7, 11) is 0. The van der Waals surface area contributed by atoms with Gasteiger partial charge in [-0.2, -0.15) is 0 Å². The van der Waals surface area contributed by atoms with Gasteiger partial charge in [-0.25, -0.2) is 4.79 Å². The van der Waals surface area contributed by atoms with Gasteiger partial charge in [-0.15, -0.1) is 0 Å². The van der Waals surface area contributed by atoms with Crippen LogP contribution in [-0.2, 0) is 19.1 Å². The van der Waals surface area contributed by atoms with Crippen molar-refractivity contribution in [2.45, 2.75) is 161 Å². The molecule has 0 aliphatic rings. The number of ether oxygens (including phenoxy) is 1. The zero-order chi connectivity index (χ0) is 28.0. The molecule has 7 heteroatoms. The molecule has 7 nitrogen and oxygen atoms in total. The van der Waals surface area contributed by atoms with Gasteiger partial charge in [-0.1, -0.05) is 130 Å². The normalized spacial score (nSPS) is 13.4. The third kappa shape index (κ3) is 13.1. The average molecular weight is 529 g/mol. The quantitative estimate of drug-likeness (QED) is 0.0918. The molecule has 0 aromatic carbocycles. The fourth-order valence-corrected chi connectivity index (χ4v) is 5.37. The van der Waals surface area contributed by atoms with Crippen LogP contribution in [0.25, 0.3) is 0 Å². The monoisotopic (exact) mass is 528 g/mol. The second-order valence-electron chi connectivity index (χ2n) is 10.7. The molecule has 0 radical (unpaired) electrons. The first-order chi connectivity index (χ1) is 17.7. The SMILES string of the molecule is CCCCCCCCOC(CC(=O)O)(C(=O)O)C(CCCCCCCC)(CCCCCCCC)C(=O)O. The Bertz CT molecular complexity index is 603. The Morgan fingerprint density at radius 3 is 1.27 bits per heavy atom. The minimum absolute atomic E-state index is 0.0493. The summed E-state index contributed by atoms with van der Waals surface area (Å²) in [5.41, 5.74) is -4.07. The van der Waals surface area contributed by atoms with E-state index in [1.807, 2.05) is 0 Å². The minimum Gasteiger partial charge on any atom is -0.481 e. The highest BCUT2D eigenvalue weighted by atomic mass is 16.5. The lowest BCUT2D eigenvalue weighted by Gasteiger charge is -2.44. The third-order valence-electron chi connectivity index (χ3n) is 7.69. The van der Waals surface area contributed by atoms with Crippen molar-refractivity contribution in [3.05, 3.63) is 0 Å². The fourth-order valence-electron chi connectivity index (χ4n) is 5.37. The van der Waals surface area contributed by atoms with Gasteiger partial charge in [0.2, 0.25) is 0 Å². The summed E-state index contributed by atoms with van der Waals surface area (Å²) in [6.07, 6.45) is 16.3. The van der Waals surface area contributed by atoms with Gasteiger partial charge >= 0.3 is 17.9 Å².